The van der Waals surface area contributed by atoms with Crippen molar-refractivity contribution in [1.29, 1.82) is 0 Å². The summed E-state index contributed by atoms with van der Waals surface area (Å²) < 4.78 is 35.5. The molecule has 0 aliphatic heterocycles. The van der Waals surface area contributed by atoms with E-state index in [9.17, 15) is 13.2 Å². The molecule has 1 N–H and O–H groups in total. The summed E-state index contributed by atoms with van der Waals surface area (Å²) in [6, 6.07) is 0. The molecule has 4 heteroatoms. The molecule has 0 aromatic carbocycles. The minimum atomic E-state index is -4.12. The Morgan fingerprint density at radius 3 is 1.91 bits per heavy atom. The maximum Gasteiger partial charge on any atom is 0.389 e. The van der Waals surface area contributed by atoms with Gasteiger partial charge in [0.15, 0.2) is 0 Å². The Labute approximate surface area is 63.2 Å². The van der Waals surface area contributed by atoms with Gasteiger partial charge in [0.2, 0.25) is 0 Å². The van der Waals surface area contributed by atoms with Gasteiger partial charge in [-0.05, 0) is 12.8 Å². The molecular formula is C7H11F3O. The fourth-order valence-corrected chi connectivity index (χ4v) is 1.49. The van der Waals surface area contributed by atoms with Gasteiger partial charge in [-0.15, -0.1) is 0 Å². The van der Waals surface area contributed by atoms with Crippen LogP contribution in [0.5, 0.6) is 0 Å². The first-order valence-electron chi connectivity index (χ1n) is 3.65. The van der Waals surface area contributed by atoms with Crippen LogP contribution in [0.2, 0.25) is 0 Å². The molecule has 1 saturated carbocycles. The number of hydrogen-bond acceptors (Lipinski definition) is 1. The standard InChI is InChI=1S/C7H11F3O/c8-7(9,10)4-6(5-11)2-1-3-6/h11H,1-5H2. The molecule has 66 valence electrons. The molecule has 0 heterocycles. The van der Waals surface area contributed by atoms with Gasteiger partial charge in [0.05, 0.1) is 6.42 Å². The lowest BCUT2D eigenvalue weighted by Crippen LogP contribution is -2.37. The van der Waals surface area contributed by atoms with E-state index < -0.39 is 18.0 Å². The van der Waals surface area contributed by atoms with E-state index in [1.807, 2.05) is 0 Å². The number of hydrogen-bond donors (Lipinski definition) is 1. The van der Waals surface area contributed by atoms with Crippen molar-refractivity contribution < 1.29 is 18.3 Å². The summed E-state index contributed by atoms with van der Waals surface area (Å²) in [5, 5.41) is 8.70. The van der Waals surface area contributed by atoms with E-state index in [0.29, 0.717) is 12.8 Å². The normalized spacial score (nSPS) is 22.9. The minimum absolute atomic E-state index is 0.327. The first kappa shape index (κ1) is 8.84. The number of halogens is 3. The zero-order valence-electron chi connectivity index (χ0n) is 6.12. The fourth-order valence-electron chi connectivity index (χ4n) is 1.49. The summed E-state index contributed by atoms with van der Waals surface area (Å²) in [5.74, 6) is 0. The molecule has 0 aromatic rings. The Bertz CT molecular complexity index is 132. The Morgan fingerprint density at radius 2 is 1.82 bits per heavy atom. The molecule has 1 fully saturated rings. The molecule has 0 spiro atoms. The molecule has 0 unspecified atom stereocenters. The van der Waals surface area contributed by atoms with Crippen LogP contribution < -0.4 is 0 Å². The van der Waals surface area contributed by atoms with E-state index >= 15 is 0 Å². The molecule has 1 nitrogen and oxygen atoms in total. The van der Waals surface area contributed by atoms with Gasteiger partial charge in [-0.25, -0.2) is 0 Å². The molecule has 0 bridgehead atoms. The maximum atomic E-state index is 11.8. The van der Waals surface area contributed by atoms with Crippen LogP contribution in [0.3, 0.4) is 0 Å². The number of rotatable bonds is 2. The minimum Gasteiger partial charge on any atom is -0.396 e. The van der Waals surface area contributed by atoms with Crippen molar-refractivity contribution in [1.82, 2.24) is 0 Å². The average Bonchev–Trinajstić information content (AvgIpc) is 1.77. The molecule has 0 amide bonds. The second kappa shape index (κ2) is 2.66. The highest BCUT2D eigenvalue weighted by Gasteiger charge is 2.45. The molecule has 0 radical (unpaired) electrons. The largest absolute Gasteiger partial charge is 0.396 e. The Morgan fingerprint density at radius 1 is 1.27 bits per heavy atom. The van der Waals surface area contributed by atoms with Crippen LogP contribution >= 0.6 is 0 Å². The van der Waals surface area contributed by atoms with Crippen LogP contribution in [0.25, 0.3) is 0 Å². The molecular weight excluding hydrogens is 157 g/mol. The van der Waals surface area contributed by atoms with Gasteiger partial charge in [0.25, 0.3) is 0 Å². The Hall–Kier alpha value is -0.250. The van der Waals surface area contributed by atoms with Crippen LogP contribution in [0, 0.1) is 5.41 Å². The molecule has 1 rings (SSSR count). The second-order valence-electron chi connectivity index (χ2n) is 3.30. The van der Waals surface area contributed by atoms with Crippen LogP contribution in [0.4, 0.5) is 13.2 Å². The third-order valence-corrected chi connectivity index (χ3v) is 2.33. The van der Waals surface area contributed by atoms with E-state index in [-0.39, 0.29) is 6.61 Å². The topological polar surface area (TPSA) is 20.2 Å². The van der Waals surface area contributed by atoms with Crippen molar-refractivity contribution in [2.75, 3.05) is 6.61 Å². The lowest BCUT2D eigenvalue weighted by molar-refractivity contribution is -0.176. The van der Waals surface area contributed by atoms with E-state index in [1.54, 1.807) is 0 Å². The van der Waals surface area contributed by atoms with Crippen molar-refractivity contribution >= 4 is 0 Å². The van der Waals surface area contributed by atoms with E-state index in [4.69, 9.17) is 5.11 Å². The smallest absolute Gasteiger partial charge is 0.389 e. The number of aliphatic hydroxyl groups is 1. The van der Waals surface area contributed by atoms with Crippen molar-refractivity contribution in [3.8, 4) is 0 Å². The highest BCUT2D eigenvalue weighted by atomic mass is 19.4. The molecule has 0 saturated heterocycles. The van der Waals surface area contributed by atoms with Gasteiger partial charge in [0.1, 0.15) is 0 Å². The average molecular weight is 168 g/mol. The molecule has 0 atom stereocenters. The van der Waals surface area contributed by atoms with Crippen LogP contribution in [-0.2, 0) is 0 Å². The van der Waals surface area contributed by atoms with Crippen molar-refractivity contribution in [3.63, 3.8) is 0 Å². The zero-order valence-corrected chi connectivity index (χ0v) is 6.12. The van der Waals surface area contributed by atoms with Gasteiger partial charge in [-0.2, -0.15) is 13.2 Å². The first-order chi connectivity index (χ1) is 4.97. The quantitative estimate of drug-likeness (QED) is 0.669. The van der Waals surface area contributed by atoms with Gasteiger partial charge >= 0.3 is 6.18 Å². The molecule has 11 heavy (non-hydrogen) atoms. The first-order valence-corrected chi connectivity index (χ1v) is 3.65. The predicted molar refractivity (Wildman–Crippen MR) is 34.0 cm³/mol. The summed E-state index contributed by atoms with van der Waals surface area (Å²) in [5.41, 5.74) is -0.821. The predicted octanol–water partition coefficient (Wildman–Crippen LogP) is 2.10. The van der Waals surface area contributed by atoms with E-state index in [0.717, 1.165) is 6.42 Å². The SMILES string of the molecule is OCC1(CC(F)(F)F)CCC1. The fraction of sp³-hybridized carbons (Fsp3) is 1.00. The third-order valence-electron chi connectivity index (χ3n) is 2.33. The highest BCUT2D eigenvalue weighted by molar-refractivity contribution is 4.88. The van der Waals surface area contributed by atoms with Gasteiger partial charge in [-0.1, -0.05) is 6.42 Å². The second-order valence-corrected chi connectivity index (χ2v) is 3.30. The van der Waals surface area contributed by atoms with Crippen LogP contribution in [0.1, 0.15) is 25.7 Å². The zero-order chi connectivity index (χ0) is 8.54. The van der Waals surface area contributed by atoms with Gasteiger partial charge < -0.3 is 5.11 Å². The summed E-state index contributed by atoms with van der Waals surface area (Å²) in [7, 11) is 0. The molecule has 1 aliphatic carbocycles. The summed E-state index contributed by atoms with van der Waals surface area (Å²) >= 11 is 0. The van der Waals surface area contributed by atoms with Crippen molar-refractivity contribution in [2.24, 2.45) is 5.41 Å². The van der Waals surface area contributed by atoms with Crippen LogP contribution in [-0.4, -0.2) is 17.9 Å². The summed E-state index contributed by atoms with van der Waals surface area (Å²) in [4.78, 5) is 0. The highest BCUT2D eigenvalue weighted by Crippen LogP contribution is 2.47. The van der Waals surface area contributed by atoms with Crippen molar-refractivity contribution in [3.05, 3.63) is 0 Å². The van der Waals surface area contributed by atoms with Crippen molar-refractivity contribution in [2.45, 2.75) is 31.9 Å². The summed E-state index contributed by atoms with van der Waals surface area (Å²) in [6.45, 7) is -0.327. The maximum absolute atomic E-state index is 11.8. The summed E-state index contributed by atoms with van der Waals surface area (Å²) in [6.07, 6.45) is -3.09. The lowest BCUT2D eigenvalue weighted by atomic mass is 9.67. The third kappa shape index (κ3) is 2.09. The number of alkyl halides is 3. The molecule has 1 aliphatic rings. The van der Waals surface area contributed by atoms with Gasteiger partial charge in [0, 0.05) is 12.0 Å². The monoisotopic (exact) mass is 168 g/mol. The lowest BCUT2D eigenvalue weighted by Gasteiger charge is -2.40. The van der Waals surface area contributed by atoms with E-state index in [1.165, 1.54) is 0 Å². The number of aliphatic hydroxyl groups excluding tert-OH is 1. The molecule has 0 aromatic heterocycles. The van der Waals surface area contributed by atoms with Crippen LogP contribution in [0.15, 0.2) is 0 Å². The van der Waals surface area contributed by atoms with E-state index in [2.05, 4.69) is 0 Å². The van der Waals surface area contributed by atoms with Gasteiger partial charge in [-0.3, -0.25) is 0 Å². The Kier molecular flexibility index (Phi) is 2.14. The Balaban J connectivity index is 2.45.